The monoisotopic (exact) mass is 236 g/mol. The van der Waals surface area contributed by atoms with Gasteiger partial charge in [0.05, 0.1) is 12.5 Å². The standard InChI is InChI=1S/C11H9ClN2O2/c1-6(15)8-4-14-11(16-2)9-5-13-10(12)3-7(8)9/h3-5H,1-2H3. The van der Waals surface area contributed by atoms with Gasteiger partial charge in [-0.25, -0.2) is 9.97 Å². The van der Waals surface area contributed by atoms with Crippen molar-refractivity contribution in [3.8, 4) is 5.88 Å². The lowest BCUT2D eigenvalue weighted by molar-refractivity contribution is 0.101. The summed E-state index contributed by atoms with van der Waals surface area (Å²) in [4.78, 5) is 19.4. The molecule has 0 atom stereocenters. The van der Waals surface area contributed by atoms with Crippen LogP contribution in [0.3, 0.4) is 0 Å². The first-order valence-corrected chi connectivity index (χ1v) is 5.00. The van der Waals surface area contributed by atoms with E-state index in [1.54, 1.807) is 12.3 Å². The van der Waals surface area contributed by atoms with Crippen molar-refractivity contribution in [3.63, 3.8) is 0 Å². The fourth-order valence-corrected chi connectivity index (χ4v) is 1.69. The first-order chi connectivity index (χ1) is 7.63. The van der Waals surface area contributed by atoms with Crippen LogP contribution in [0.25, 0.3) is 10.8 Å². The number of halogens is 1. The Hall–Kier alpha value is -1.68. The summed E-state index contributed by atoms with van der Waals surface area (Å²) in [5, 5.41) is 1.72. The molecule has 0 bridgehead atoms. The number of rotatable bonds is 2. The molecule has 2 rings (SSSR count). The summed E-state index contributed by atoms with van der Waals surface area (Å²) < 4.78 is 5.10. The SMILES string of the molecule is COc1ncc(C(C)=O)c2cc(Cl)ncc12. The number of carbonyl (C=O) groups excluding carboxylic acids is 1. The Balaban J connectivity index is 2.85. The number of carbonyl (C=O) groups is 1. The van der Waals surface area contributed by atoms with E-state index in [1.165, 1.54) is 20.2 Å². The van der Waals surface area contributed by atoms with E-state index < -0.39 is 0 Å². The molecule has 2 heterocycles. The van der Waals surface area contributed by atoms with Crippen molar-refractivity contribution in [2.24, 2.45) is 0 Å². The van der Waals surface area contributed by atoms with Crippen LogP contribution in [0.2, 0.25) is 5.15 Å². The highest BCUT2D eigenvalue weighted by molar-refractivity contribution is 6.30. The van der Waals surface area contributed by atoms with Crippen LogP contribution >= 0.6 is 11.6 Å². The lowest BCUT2D eigenvalue weighted by Gasteiger charge is -2.07. The number of Topliss-reactive ketones (excluding diaryl/α,β-unsaturated/α-hetero) is 1. The van der Waals surface area contributed by atoms with Crippen molar-refractivity contribution >= 4 is 28.2 Å². The van der Waals surface area contributed by atoms with E-state index in [0.717, 1.165) is 0 Å². The molecule has 16 heavy (non-hydrogen) atoms. The normalized spacial score (nSPS) is 10.4. The van der Waals surface area contributed by atoms with Crippen LogP contribution in [0.5, 0.6) is 5.88 Å². The first-order valence-electron chi connectivity index (χ1n) is 4.62. The van der Waals surface area contributed by atoms with Crippen LogP contribution in [0.4, 0.5) is 0 Å². The third-order valence-corrected chi connectivity index (χ3v) is 2.48. The summed E-state index contributed by atoms with van der Waals surface area (Å²) in [6.07, 6.45) is 3.04. The number of fused-ring (bicyclic) bond motifs is 1. The highest BCUT2D eigenvalue weighted by Gasteiger charge is 2.11. The van der Waals surface area contributed by atoms with Gasteiger partial charge >= 0.3 is 0 Å². The zero-order valence-corrected chi connectivity index (χ0v) is 9.58. The van der Waals surface area contributed by atoms with Gasteiger partial charge < -0.3 is 4.74 Å². The summed E-state index contributed by atoms with van der Waals surface area (Å²) in [5.41, 5.74) is 0.514. The zero-order chi connectivity index (χ0) is 11.7. The molecule has 0 amide bonds. The van der Waals surface area contributed by atoms with Gasteiger partial charge in [-0.2, -0.15) is 0 Å². The van der Waals surface area contributed by atoms with Crippen LogP contribution in [0, 0.1) is 0 Å². The van der Waals surface area contributed by atoms with Crippen LogP contribution < -0.4 is 4.74 Å². The van der Waals surface area contributed by atoms with Crippen molar-refractivity contribution in [3.05, 3.63) is 29.2 Å². The van der Waals surface area contributed by atoms with Crippen molar-refractivity contribution < 1.29 is 9.53 Å². The number of hydrogen-bond acceptors (Lipinski definition) is 4. The molecule has 0 aliphatic carbocycles. The molecule has 0 aliphatic heterocycles. The molecular formula is C11H9ClN2O2. The van der Waals surface area contributed by atoms with Crippen LogP contribution in [0.1, 0.15) is 17.3 Å². The summed E-state index contributed by atoms with van der Waals surface area (Å²) in [7, 11) is 1.52. The molecule has 4 nitrogen and oxygen atoms in total. The van der Waals surface area contributed by atoms with Gasteiger partial charge in [-0.1, -0.05) is 11.6 Å². The van der Waals surface area contributed by atoms with E-state index in [2.05, 4.69) is 9.97 Å². The highest BCUT2D eigenvalue weighted by Crippen LogP contribution is 2.27. The van der Waals surface area contributed by atoms with Gasteiger partial charge in [0.15, 0.2) is 5.78 Å². The largest absolute Gasteiger partial charge is 0.481 e. The van der Waals surface area contributed by atoms with E-state index in [-0.39, 0.29) is 5.78 Å². The Bertz CT molecular complexity index is 569. The molecule has 0 fully saturated rings. The van der Waals surface area contributed by atoms with Crippen LogP contribution in [0.15, 0.2) is 18.5 Å². The Morgan fingerprint density at radius 2 is 2.06 bits per heavy atom. The second-order valence-corrected chi connectivity index (χ2v) is 3.68. The van der Waals surface area contributed by atoms with Gasteiger partial charge in [0.25, 0.3) is 0 Å². The maximum absolute atomic E-state index is 11.4. The minimum Gasteiger partial charge on any atom is -0.481 e. The molecule has 0 saturated carbocycles. The second-order valence-electron chi connectivity index (χ2n) is 3.29. The molecule has 0 aromatic carbocycles. The Morgan fingerprint density at radius 3 is 2.69 bits per heavy atom. The third kappa shape index (κ3) is 1.72. The van der Waals surface area contributed by atoms with Crippen molar-refractivity contribution in [2.45, 2.75) is 6.92 Å². The van der Waals surface area contributed by atoms with Gasteiger partial charge in [0.2, 0.25) is 5.88 Å². The average Bonchev–Trinajstić information content (AvgIpc) is 2.26. The molecular weight excluding hydrogens is 228 g/mol. The lowest BCUT2D eigenvalue weighted by atomic mass is 10.1. The van der Waals surface area contributed by atoms with E-state index >= 15 is 0 Å². The average molecular weight is 237 g/mol. The maximum Gasteiger partial charge on any atom is 0.222 e. The third-order valence-electron chi connectivity index (χ3n) is 2.27. The Morgan fingerprint density at radius 1 is 1.31 bits per heavy atom. The summed E-state index contributed by atoms with van der Waals surface area (Å²) >= 11 is 5.81. The smallest absolute Gasteiger partial charge is 0.222 e. The predicted molar refractivity (Wildman–Crippen MR) is 61.1 cm³/mol. The second kappa shape index (κ2) is 4.06. The van der Waals surface area contributed by atoms with Gasteiger partial charge in [-0.15, -0.1) is 0 Å². The molecule has 2 aromatic heterocycles. The fraction of sp³-hybridized carbons (Fsp3) is 0.182. The molecule has 5 heteroatoms. The summed E-state index contributed by atoms with van der Waals surface area (Å²) in [5.74, 6) is 0.367. The van der Waals surface area contributed by atoms with Crippen LogP contribution in [-0.2, 0) is 0 Å². The fourth-order valence-electron chi connectivity index (χ4n) is 1.53. The summed E-state index contributed by atoms with van der Waals surface area (Å²) in [6, 6.07) is 1.64. The van der Waals surface area contributed by atoms with Gasteiger partial charge in [-0.05, 0) is 13.0 Å². The summed E-state index contributed by atoms with van der Waals surface area (Å²) in [6.45, 7) is 1.48. The van der Waals surface area contributed by atoms with E-state index in [0.29, 0.717) is 27.4 Å². The van der Waals surface area contributed by atoms with Crippen LogP contribution in [-0.4, -0.2) is 22.9 Å². The number of ether oxygens (including phenoxy) is 1. The van der Waals surface area contributed by atoms with Gasteiger partial charge in [-0.3, -0.25) is 4.79 Å². The minimum absolute atomic E-state index is 0.0672. The quantitative estimate of drug-likeness (QED) is 0.594. The predicted octanol–water partition coefficient (Wildman–Crippen LogP) is 2.49. The highest BCUT2D eigenvalue weighted by atomic mass is 35.5. The molecule has 0 N–H and O–H groups in total. The minimum atomic E-state index is -0.0672. The maximum atomic E-state index is 11.4. The zero-order valence-electron chi connectivity index (χ0n) is 8.82. The number of pyridine rings is 2. The lowest BCUT2D eigenvalue weighted by Crippen LogP contribution is -1.98. The molecule has 0 unspecified atom stereocenters. The molecule has 0 spiro atoms. The molecule has 0 radical (unpaired) electrons. The number of methoxy groups -OCH3 is 1. The Kier molecular flexibility index (Phi) is 2.75. The number of aromatic nitrogens is 2. The molecule has 0 saturated heterocycles. The molecule has 2 aromatic rings. The van der Waals surface area contributed by atoms with Crippen molar-refractivity contribution in [1.29, 1.82) is 0 Å². The van der Waals surface area contributed by atoms with Crippen molar-refractivity contribution in [1.82, 2.24) is 9.97 Å². The number of ketones is 1. The van der Waals surface area contributed by atoms with Gasteiger partial charge in [0.1, 0.15) is 5.15 Å². The number of nitrogens with zero attached hydrogens (tertiary/aromatic N) is 2. The van der Waals surface area contributed by atoms with E-state index in [4.69, 9.17) is 16.3 Å². The van der Waals surface area contributed by atoms with E-state index in [1.807, 2.05) is 0 Å². The number of hydrogen-bond donors (Lipinski definition) is 0. The first kappa shape index (κ1) is 10.8. The molecule has 82 valence electrons. The molecule has 0 aliphatic rings. The van der Waals surface area contributed by atoms with Gasteiger partial charge in [0, 0.05) is 23.3 Å². The van der Waals surface area contributed by atoms with E-state index in [9.17, 15) is 4.79 Å². The van der Waals surface area contributed by atoms with Crippen molar-refractivity contribution in [2.75, 3.05) is 7.11 Å². The topological polar surface area (TPSA) is 52.1 Å². The Labute approximate surface area is 97.2 Å².